The molecule has 28 heavy (non-hydrogen) atoms. The summed E-state index contributed by atoms with van der Waals surface area (Å²) in [5.41, 5.74) is 2.40. The van der Waals surface area contributed by atoms with Crippen LogP contribution in [0.2, 0.25) is 0 Å². The molecular weight excluding hydrogens is 355 g/mol. The van der Waals surface area contributed by atoms with Crippen LogP contribution in [0, 0.1) is 5.82 Å². The molecule has 1 aromatic heterocycles. The van der Waals surface area contributed by atoms with Gasteiger partial charge in [0.2, 0.25) is 0 Å². The molecule has 0 aliphatic heterocycles. The average molecular weight is 380 g/mol. The summed E-state index contributed by atoms with van der Waals surface area (Å²) >= 11 is 0. The Balaban J connectivity index is 1.83. The molecule has 3 rings (SSSR count). The van der Waals surface area contributed by atoms with E-state index < -0.39 is 6.04 Å². The molecule has 1 atom stereocenters. The molecule has 0 bridgehead atoms. The highest BCUT2D eigenvalue weighted by Crippen LogP contribution is 2.22. The van der Waals surface area contributed by atoms with Crippen LogP contribution in [-0.2, 0) is 7.05 Å². The maximum Gasteiger partial charge on any atom is 0.252 e. The summed E-state index contributed by atoms with van der Waals surface area (Å²) in [4.78, 5) is 19.4. The summed E-state index contributed by atoms with van der Waals surface area (Å²) in [5, 5.41) is 3.03. The van der Waals surface area contributed by atoms with Crippen molar-refractivity contribution in [1.82, 2.24) is 14.9 Å². The van der Waals surface area contributed by atoms with Crippen LogP contribution < -0.4 is 10.2 Å². The van der Waals surface area contributed by atoms with Gasteiger partial charge >= 0.3 is 0 Å². The highest BCUT2D eigenvalue weighted by Gasteiger charge is 2.21. The van der Waals surface area contributed by atoms with Gasteiger partial charge in [0.25, 0.3) is 5.91 Å². The van der Waals surface area contributed by atoms with Crippen molar-refractivity contribution in [2.24, 2.45) is 7.05 Å². The van der Waals surface area contributed by atoms with Crippen molar-refractivity contribution < 1.29 is 9.18 Å². The Morgan fingerprint density at radius 2 is 1.86 bits per heavy atom. The van der Waals surface area contributed by atoms with E-state index in [1.165, 1.54) is 12.1 Å². The molecule has 146 valence electrons. The first-order chi connectivity index (χ1) is 13.5. The van der Waals surface area contributed by atoms with Crippen molar-refractivity contribution in [2.45, 2.75) is 19.4 Å². The second-order valence-corrected chi connectivity index (χ2v) is 6.82. The molecule has 1 amide bonds. The number of carbonyl (C=O) groups excluding carboxylic acids is 1. The number of amides is 1. The van der Waals surface area contributed by atoms with Crippen LogP contribution in [0.5, 0.6) is 0 Å². The number of benzene rings is 2. The van der Waals surface area contributed by atoms with E-state index in [2.05, 4.69) is 22.1 Å². The molecule has 0 aliphatic carbocycles. The topological polar surface area (TPSA) is 50.2 Å². The van der Waals surface area contributed by atoms with Gasteiger partial charge in [-0.15, -0.1) is 0 Å². The number of nitrogens with one attached hydrogen (secondary N) is 1. The Bertz CT molecular complexity index is 918. The number of rotatable bonds is 7. The Morgan fingerprint density at radius 1 is 1.18 bits per heavy atom. The third-order valence-electron chi connectivity index (χ3n) is 4.72. The second kappa shape index (κ2) is 8.69. The number of carbonyl (C=O) groups is 1. The first-order valence-corrected chi connectivity index (χ1v) is 9.34. The van der Waals surface area contributed by atoms with Crippen LogP contribution in [0.25, 0.3) is 0 Å². The van der Waals surface area contributed by atoms with Crippen molar-refractivity contribution in [3.8, 4) is 0 Å². The molecule has 0 fully saturated rings. The minimum absolute atomic E-state index is 0.206. The number of nitrogens with zero attached hydrogens (tertiary/aromatic N) is 3. The largest absolute Gasteiger partial charge is 0.375 e. The van der Waals surface area contributed by atoms with Gasteiger partial charge in [0.1, 0.15) is 17.7 Å². The first kappa shape index (κ1) is 19.6. The van der Waals surface area contributed by atoms with E-state index >= 15 is 0 Å². The molecule has 0 saturated carbocycles. The van der Waals surface area contributed by atoms with Gasteiger partial charge in [-0.3, -0.25) is 4.79 Å². The number of hydrogen-bond acceptors (Lipinski definition) is 3. The molecule has 3 aromatic rings. The molecule has 0 aliphatic rings. The summed E-state index contributed by atoms with van der Waals surface area (Å²) in [6.07, 6.45) is 4.55. The fourth-order valence-corrected chi connectivity index (χ4v) is 3.15. The molecule has 0 saturated heterocycles. The summed E-state index contributed by atoms with van der Waals surface area (Å²) < 4.78 is 15.2. The van der Waals surface area contributed by atoms with Gasteiger partial charge < -0.3 is 14.8 Å². The number of imidazole rings is 1. The lowest BCUT2D eigenvalue weighted by Gasteiger charge is -2.20. The van der Waals surface area contributed by atoms with E-state index in [9.17, 15) is 9.18 Å². The third kappa shape index (κ3) is 4.39. The zero-order valence-electron chi connectivity index (χ0n) is 16.4. The van der Waals surface area contributed by atoms with E-state index in [4.69, 9.17) is 0 Å². The van der Waals surface area contributed by atoms with Crippen LogP contribution >= 0.6 is 0 Å². The number of hydrogen-bond donors (Lipinski definition) is 1. The quantitative estimate of drug-likeness (QED) is 0.676. The van der Waals surface area contributed by atoms with Crippen molar-refractivity contribution in [2.75, 3.05) is 18.5 Å². The van der Waals surface area contributed by atoms with Gasteiger partial charge in [0.15, 0.2) is 0 Å². The molecule has 0 spiro atoms. The standard InChI is InChI=1S/C22H25FN4O/c1-4-14-26(2)19-11-7-17(8-12-19)22(28)25-20(21-24-13-15-27(21)3)16-5-9-18(23)10-6-16/h5-13,15,20H,4,14H2,1-3H3,(H,25,28)/t20-/m0/s1. The average Bonchev–Trinajstić information content (AvgIpc) is 3.12. The molecule has 1 N–H and O–H groups in total. The summed E-state index contributed by atoms with van der Waals surface area (Å²) in [5.74, 6) is 0.154. The van der Waals surface area contributed by atoms with E-state index in [0.29, 0.717) is 11.4 Å². The van der Waals surface area contributed by atoms with Crippen LogP contribution in [0.3, 0.4) is 0 Å². The summed E-state index contributed by atoms with van der Waals surface area (Å²) in [7, 11) is 3.90. The third-order valence-corrected chi connectivity index (χ3v) is 4.72. The van der Waals surface area contributed by atoms with E-state index in [0.717, 1.165) is 24.2 Å². The fourth-order valence-electron chi connectivity index (χ4n) is 3.15. The van der Waals surface area contributed by atoms with Crippen molar-refractivity contribution in [1.29, 1.82) is 0 Å². The van der Waals surface area contributed by atoms with Gasteiger partial charge in [-0.2, -0.15) is 0 Å². The molecule has 2 aromatic carbocycles. The van der Waals surface area contributed by atoms with Crippen molar-refractivity contribution in [3.05, 3.63) is 83.7 Å². The lowest BCUT2D eigenvalue weighted by Crippen LogP contribution is -2.31. The van der Waals surface area contributed by atoms with Gasteiger partial charge in [-0.25, -0.2) is 9.37 Å². The van der Waals surface area contributed by atoms with Crippen LogP contribution in [0.15, 0.2) is 60.9 Å². The maximum atomic E-state index is 13.3. The van der Waals surface area contributed by atoms with Gasteiger partial charge in [0.05, 0.1) is 0 Å². The number of aryl methyl sites for hydroxylation is 1. The molecule has 1 heterocycles. The van der Waals surface area contributed by atoms with E-state index in [1.54, 1.807) is 18.3 Å². The zero-order valence-corrected chi connectivity index (χ0v) is 16.4. The lowest BCUT2D eigenvalue weighted by atomic mass is 10.0. The second-order valence-electron chi connectivity index (χ2n) is 6.82. The van der Waals surface area contributed by atoms with E-state index in [-0.39, 0.29) is 11.7 Å². The maximum absolute atomic E-state index is 13.3. The Hall–Kier alpha value is -3.15. The minimum Gasteiger partial charge on any atom is -0.375 e. The van der Waals surface area contributed by atoms with Crippen LogP contribution in [-0.4, -0.2) is 29.1 Å². The number of halogens is 1. The van der Waals surface area contributed by atoms with E-state index in [1.807, 2.05) is 49.1 Å². The molecule has 5 nitrogen and oxygen atoms in total. The molecule has 0 unspecified atom stereocenters. The van der Waals surface area contributed by atoms with Crippen molar-refractivity contribution >= 4 is 11.6 Å². The predicted molar refractivity (Wildman–Crippen MR) is 109 cm³/mol. The normalized spacial score (nSPS) is 11.9. The summed E-state index contributed by atoms with van der Waals surface area (Å²) in [6, 6.07) is 13.1. The van der Waals surface area contributed by atoms with Crippen LogP contribution in [0.4, 0.5) is 10.1 Å². The predicted octanol–water partition coefficient (Wildman–Crippen LogP) is 3.92. The minimum atomic E-state index is -0.476. The number of anilines is 1. The Morgan fingerprint density at radius 3 is 2.43 bits per heavy atom. The van der Waals surface area contributed by atoms with Gasteiger partial charge in [-0.05, 0) is 48.4 Å². The summed E-state index contributed by atoms with van der Waals surface area (Å²) in [6.45, 7) is 3.09. The van der Waals surface area contributed by atoms with Crippen molar-refractivity contribution in [3.63, 3.8) is 0 Å². The van der Waals surface area contributed by atoms with Crippen LogP contribution in [0.1, 0.15) is 41.1 Å². The first-order valence-electron chi connectivity index (χ1n) is 9.34. The molecular formula is C22H25FN4O. The Labute approximate surface area is 164 Å². The zero-order chi connectivity index (χ0) is 20.1. The lowest BCUT2D eigenvalue weighted by molar-refractivity contribution is 0.0941. The fraction of sp³-hybridized carbons (Fsp3) is 0.273. The SMILES string of the molecule is CCCN(C)c1ccc(C(=O)N[C@@H](c2ccc(F)cc2)c2nccn2C)cc1. The highest BCUT2D eigenvalue weighted by atomic mass is 19.1. The Kier molecular flexibility index (Phi) is 6.09. The van der Waals surface area contributed by atoms with Gasteiger partial charge in [0, 0.05) is 44.3 Å². The van der Waals surface area contributed by atoms with Gasteiger partial charge in [-0.1, -0.05) is 19.1 Å². The highest BCUT2D eigenvalue weighted by molar-refractivity contribution is 5.95. The monoisotopic (exact) mass is 380 g/mol. The molecule has 0 radical (unpaired) electrons. The smallest absolute Gasteiger partial charge is 0.252 e. The molecule has 6 heteroatoms. The number of aromatic nitrogens is 2.